The number of hydrogen-bond acceptors (Lipinski definition) is 4. The molecule has 6 nitrogen and oxygen atoms in total. The summed E-state index contributed by atoms with van der Waals surface area (Å²) in [4.78, 5) is 2.65. The van der Waals surface area contributed by atoms with Gasteiger partial charge in [-0.2, -0.15) is 10.2 Å². The second kappa shape index (κ2) is 7.06. The van der Waals surface area contributed by atoms with E-state index in [1.54, 1.807) is 0 Å². The molecule has 174 valence electrons. The lowest BCUT2D eigenvalue weighted by molar-refractivity contribution is -0.0977. The predicted molar refractivity (Wildman–Crippen MR) is 129 cm³/mol. The molecular formula is C26H32ClN5O. The molecule has 33 heavy (non-hydrogen) atoms. The van der Waals surface area contributed by atoms with Gasteiger partial charge in [0.1, 0.15) is 5.69 Å². The summed E-state index contributed by atoms with van der Waals surface area (Å²) in [5.74, 6) is 1.99. The van der Waals surface area contributed by atoms with Gasteiger partial charge in [0, 0.05) is 15.9 Å². The highest BCUT2D eigenvalue weighted by molar-refractivity contribution is 6.32. The van der Waals surface area contributed by atoms with Gasteiger partial charge in [-0.3, -0.25) is 9.58 Å². The number of nitrogens with zero attached hydrogens (tertiary/aromatic N) is 5. The zero-order valence-corrected chi connectivity index (χ0v) is 20.3. The molecule has 2 saturated heterocycles. The highest BCUT2D eigenvalue weighted by Gasteiger charge is 2.58. The van der Waals surface area contributed by atoms with Crippen molar-refractivity contribution in [3.05, 3.63) is 41.3 Å². The number of piperidine rings is 1. The van der Waals surface area contributed by atoms with Crippen molar-refractivity contribution in [2.24, 2.45) is 11.8 Å². The van der Waals surface area contributed by atoms with E-state index in [2.05, 4.69) is 41.8 Å². The highest BCUT2D eigenvalue weighted by Crippen LogP contribution is 2.62. The molecule has 7 heteroatoms. The number of likely N-dealkylation sites (tertiary alicyclic amines) is 1. The second-order valence-corrected chi connectivity index (χ2v) is 11.8. The smallest absolute Gasteiger partial charge is 0.103 e. The predicted octanol–water partition coefficient (Wildman–Crippen LogP) is 4.99. The van der Waals surface area contributed by atoms with Crippen LogP contribution >= 0.6 is 11.6 Å². The van der Waals surface area contributed by atoms with E-state index >= 15 is 0 Å². The molecule has 3 aliphatic carbocycles. The molecule has 0 radical (unpaired) electrons. The molecule has 0 spiro atoms. The van der Waals surface area contributed by atoms with E-state index < -0.39 is 0 Å². The van der Waals surface area contributed by atoms with Crippen LogP contribution in [-0.4, -0.2) is 56.3 Å². The van der Waals surface area contributed by atoms with E-state index in [9.17, 15) is 0 Å². The summed E-state index contributed by atoms with van der Waals surface area (Å²) >= 11 is 6.81. The fourth-order valence-electron chi connectivity index (χ4n) is 6.84. The Morgan fingerprint density at radius 1 is 1.09 bits per heavy atom. The minimum absolute atomic E-state index is 0.165. The summed E-state index contributed by atoms with van der Waals surface area (Å²) in [6, 6.07) is 4.38. The molecule has 1 unspecified atom stereocenters. The van der Waals surface area contributed by atoms with Crippen LogP contribution in [0, 0.1) is 11.8 Å². The Kier molecular flexibility index (Phi) is 4.38. The van der Waals surface area contributed by atoms with Gasteiger partial charge in [-0.05, 0) is 87.6 Å². The zero-order valence-electron chi connectivity index (χ0n) is 19.5. The van der Waals surface area contributed by atoms with Crippen molar-refractivity contribution >= 4 is 22.5 Å². The van der Waals surface area contributed by atoms with Gasteiger partial charge >= 0.3 is 0 Å². The van der Waals surface area contributed by atoms with Gasteiger partial charge in [-0.25, -0.2) is 4.68 Å². The van der Waals surface area contributed by atoms with Gasteiger partial charge < -0.3 is 4.74 Å². The molecule has 0 N–H and O–H groups in total. The molecule has 2 bridgehead atoms. The van der Waals surface area contributed by atoms with Crippen LogP contribution in [0.25, 0.3) is 16.6 Å². The summed E-state index contributed by atoms with van der Waals surface area (Å²) in [6.07, 6.45) is 12.2. The first kappa shape index (κ1) is 20.5. The third-order valence-electron chi connectivity index (χ3n) is 9.47. The minimum atomic E-state index is 0.165. The summed E-state index contributed by atoms with van der Waals surface area (Å²) in [5, 5.41) is 11.4. The van der Waals surface area contributed by atoms with Crippen molar-refractivity contribution in [2.75, 3.05) is 26.3 Å². The molecule has 5 fully saturated rings. The van der Waals surface area contributed by atoms with Crippen molar-refractivity contribution < 1.29 is 4.74 Å². The Labute approximate surface area is 199 Å². The van der Waals surface area contributed by atoms with Gasteiger partial charge in [0.25, 0.3) is 0 Å². The Balaban J connectivity index is 1.16. The van der Waals surface area contributed by atoms with E-state index in [0.29, 0.717) is 17.4 Å². The number of hydrogen-bond donors (Lipinski definition) is 0. The number of benzene rings is 1. The normalized spacial score (nSPS) is 34.5. The molecule has 2 aliphatic heterocycles. The lowest BCUT2D eigenvalue weighted by Crippen LogP contribution is -2.59. The van der Waals surface area contributed by atoms with E-state index in [0.717, 1.165) is 66.7 Å². The largest absolute Gasteiger partial charge is 0.379 e. The number of fused-ring (bicyclic) bond motifs is 1. The van der Waals surface area contributed by atoms with Crippen LogP contribution in [0.1, 0.15) is 57.4 Å². The Hall–Kier alpha value is -1.89. The topological polar surface area (TPSA) is 48.1 Å². The van der Waals surface area contributed by atoms with Crippen molar-refractivity contribution in [3.8, 4) is 5.69 Å². The van der Waals surface area contributed by atoms with E-state index in [4.69, 9.17) is 26.5 Å². The monoisotopic (exact) mass is 465 g/mol. The third kappa shape index (κ3) is 2.93. The first-order valence-corrected chi connectivity index (χ1v) is 12.9. The van der Waals surface area contributed by atoms with Crippen molar-refractivity contribution in [2.45, 2.75) is 62.9 Å². The summed E-state index contributed by atoms with van der Waals surface area (Å²) in [5.41, 5.74) is 3.89. The molecular weight excluding hydrogens is 434 g/mol. The van der Waals surface area contributed by atoms with Crippen molar-refractivity contribution in [3.63, 3.8) is 0 Å². The quantitative estimate of drug-likeness (QED) is 0.544. The third-order valence-corrected chi connectivity index (χ3v) is 9.80. The van der Waals surface area contributed by atoms with Gasteiger partial charge in [0.2, 0.25) is 0 Å². The van der Waals surface area contributed by atoms with E-state index in [-0.39, 0.29) is 5.54 Å². The van der Waals surface area contributed by atoms with Gasteiger partial charge in [0.15, 0.2) is 0 Å². The van der Waals surface area contributed by atoms with Gasteiger partial charge in [-0.15, -0.1) is 0 Å². The molecule has 3 aromatic rings. The summed E-state index contributed by atoms with van der Waals surface area (Å²) < 4.78 is 10.0. The lowest BCUT2D eigenvalue weighted by Gasteiger charge is -2.61. The minimum Gasteiger partial charge on any atom is -0.379 e. The number of aromatic nitrogens is 4. The van der Waals surface area contributed by atoms with Crippen LogP contribution in [-0.2, 0) is 10.3 Å². The first-order valence-electron chi connectivity index (χ1n) is 12.5. The van der Waals surface area contributed by atoms with Crippen LogP contribution in [0.4, 0.5) is 0 Å². The fourth-order valence-corrected chi connectivity index (χ4v) is 7.17. The molecule has 1 aromatic carbocycles. The van der Waals surface area contributed by atoms with Crippen LogP contribution in [0.3, 0.4) is 0 Å². The second-order valence-electron chi connectivity index (χ2n) is 11.4. The Morgan fingerprint density at radius 3 is 2.55 bits per heavy atom. The summed E-state index contributed by atoms with van der Waals surface area (Å²) in [6.45, 7) is 8.61. The van der Waals surface area contributed by atoms with Crippen LogP contribution in [0.15, 0.2) is 30.7 Å². The van der Waals surface area contributed by atoms with Crippen molar-refractivity contribution in [1.29, 1.82) is 0 Å². The van der Waals surface area contributed by atoms with E-state index in [1.807, 2.05) is 17.1 Å². The standard InChI is InChI=1S/C26H32ClN5O/c1-17-15-33-16-25(17,2)30-5-3-19(4-6-30)22-8-24-20(7-23(22)27)12-29-32(24)21-13-28-31(14-21)26-9-18(10-26)11-26/h7-8,12-14,17-19H,3-6,9-11,15-16H2,1-2H3/t17-,18?,25?,26?/m1/s1. The zero-order chi connectivity index (χ0) is 22.4. The lowest BCUT2D eigenvalue weighted by atomic mass is 9.50. The molecule has 4 heterocycles. The maximum atomic E-state index is 6.81. The molecule has 0 amide bonds. The highest BCUT2D eigenvalue weighted by atomic mass is 35.5. The molecule has 5 aliphatic rings. The molecule has 2 aromatic heterocycles. The molecule has 8 rings (SSSR count). The maximum absolute atomic E-state index is 6.81. The number of rotatable bonds is 4. The van der Waals surface area contributed by atoms with Crippen LogP contribution in [0.2, 0.25) is 5.02 Å². The van der Waals surface area contributed by atoms with Crippen LogP contribution < -0.4 is 0 Å². The van der Waals surface area contributed by atoms with Crippen LogP contribution in [0.5, 0.6) is 0 Å². The summed E-state index contributed by atoms with van der Waals surface area (Å²) in [7, 11) is 0. The fraction of sp³-hybridized carbons (Fsp3) is 0.615. The Bertz CT molecular complexity index is 1210. The van der Waals surface area contributed by atoms with Gasteiger partial charge in [0.05, 0.1) is 42.9 Å². The Morgan fingerprint density at radius 2 is 1.88 bits per heavy atom. The van der Waals surface area contributed by atoms with Crippen molar-refractivity contribution in [1.82, 2.24) is 24.5 Å². The average molecular weight is 466 g/mol. The maximum Gasteiger partial charge on any atom is 0.103 e. The SMILES string of the molecule is C[C@@H]1COCC1(C)N1CCC(c2cc3c(cnn3-c3cnn(C45CC(C4)C5)c3)cc2Cl)CC1. The number of ether oxygens (including phenoxy) is 1. The molecule has 2 atom stereocenters. The number of halogens is 1. The average Bonchev–Trinajstić information content (AvgIpc) is 3.45. The first-order chi connectivity index (χ1) is 16.0. The van der Waals surface area contributed by atoms with Gasteiger partial charge in [-0.1, -0.05) is 18.5 Å². The molecule has 3 saturated carbocycles. The van der Waals surface area contributed by atoms with E-state index in [1.165, 1.54) is 24.8 Å².